The first-order valence-corrected chi connectivity index (χ1v) is 47.3. The molecule has 20 aromatic rings. The number of fused-ring (bicyclic) bond motifs is 6. The number of aromatic nitrogens is 8. The van der Waals surface area contributed by atoms with Gasteiger partial charge in [-0.3, -0.25) is 9.47 Å². The number of rotatable bonds is 18. The van der Waals surface area contributed by atoms with E-state index in [0.29, 0.717) is 35.2 Å². The molecule has 9 nitrogen and oxygen atoms in total. The minimum atomic E-state index is -2.83. The molecule has 0 fully saturated rings. The second kappa shape index (κ2) is 31.5. The summed E-state index contributed by atoms with van der Waals surface area (Å²) in [6.07, 6.45) is 0. The Balaban J connectivity index is 0.000000156. The van der Waals surface area contributed by atoms with E-state index in [-0.39, 0.29) is 0 Å². The third-order valence-electron chi connectivity index (χ3n) is 22.6. The summed E-state index contributed by atoms with van der Waals surface area (Å²) in [4.78, 5) is 34.1. The van der Waals surface area contributed by atoms with E-state index in [1.807, 2.05) is 36.4 Å². The molecule has 0 N–H and O–H groups in total. The molecule has 0 unspecified atom stereocenters. The van der Waals surface area contributed by atoms with E-state index in [1.54, 1.807) is 0 Å². The van der Waals surface area contributed by atoms with Gasteiger partial charge in [-0.15, -0.1) is 0 Å². The maximum atomic E-state index is 5.39. The molecule has 558 valence electrons. The van der Waals surface area contributed by atoms with Gasteiger partial charge in [-0.1, -0.05) is 401 Å². The molecule has 117 heavy (non-hydrogen) atoms. The molecule has 0 radical (unpaired) electrons. The number of anilines is 3. The highest BCUT2D eigenvalue weighted by atomic mass is 28.3. The summed E-state index contributed by atoms with van der Waals surface area (Å²) in [5, 5.41) is 16.5. The quantitative estimate of drug-likeness (QED) is 0.0624. The molecule has 0 aliphatic rings. The van der Waals surface area contributed by atoms with Crippen LogP contribution in [0.4, 0.5) is 17.3 Å². The number of hydrogen-bond donors (Lipinski definition) is 0. The zero-order chi connectivity index (χ0) is 78.7. The summed E-state index contributed by atoms with van der Waals surface area (Å²) in [5.41, 5.74) is 11.1. The van der Waals surface area contributed by atoms with Crippen molar-refractivity contribution >= 4 is 132 Å². The lowest BCUT2D eigenvalue weighted by Crippen LogP contribution is -2.74. The van der Waals surface area contributed by atoms with Gasteiger partial charge in [0.15, 0.2) is 39.4 Å². The van der Waals surface area contributed by atoms with Crippen molar-refractivity contribution in [3.05, 3.63) is 437 Å². The smallest absolute Gasteiger partial charge is 0.240 e. The molecule has 12 heteroatoms. The molecular formula is C105H81N9Si3. The molecule has 0 amide bonds. The van der Waals surface area contributed by atoms with Crippen molar-refractivity contribution in [2.24, 2.45) is 0 Å². The van der Waals surface area contributed by atoms with Crippen LogP contribution in [0.15, 0.2) is 437 Å². The number of benzene rings is 16. The van der Waals surface area contributed by atoms with Gasteiger partial charge >= 0.3 is 0 Å². The van der Waals surface area contributed by atoms with Crippen LogP contribution in [-0.2, 0) is 0 Å². The predicted molar refractivity (Wildman–Crippen MR) is 495 cm³/mol. The van der Waals surface area contributed by atoms with Crippen LogP contribution in [0.3, 0.4) is 0 Å². The van der Waals surface area contributed by atoms with Crippen molar-refractivity contribution < 1.29 is 0 Å². The van der Waals surface area contributed by atoms with Gasteiger partial charge in [-0.25, -0.2) is 15.0 Å². The molecule has 0 aliphatic heterocycles. The highest BCUT2D eigenvalue weighted by Crippen LogP contribution is 2.38. The summed E-state index contributed by atoms with van der Waals surface area (Å²) in [5.74, 6) is 3.60. The molecule has 16 aromatic carbocycles. The summed E-state index contributed by atoms with van der Waals surface area (Å²) in [6, 6.07) is 156. The lowest BCUT2D eigenvalue weighted by atomic mass is 10.1. The van der Waals surface area contributed by atoms with Gasteiger partial charge < -0.3 is 4.57 Å². The van der Waals surface area contributed by atoms with Crippen molar-refractivity contribution in [3.8, 4) is 57.2 Å². The van der Waals surface area contributed by atoms with E-state index in [0.717, 1.165) is 72.2 Å². The summed E-state index contributed by atoms with van der Waals surface area (Å²) in [6.45, 7) is 7.13. The number of hydrogen-bond acceptors (Lipinski definition) is 7. The van der Waals surface area contributed by atoms with E-state index in [9.17, 15) is 0 Å². The Bertz CT molecular complexity index is 6570. The van der Waals surface area contributed by atoms with Crippen molar-refractivity contribution in [3.63, 3.8) is 0 Å². The van der Waals surface area contributed by atoms with E-state index in [2.05, 4.69) is 434 Å². The van der Waals surface area contributed by atoms with Crippen molar-refractivity contribution in [1.29, 1.82) is 0 Å². The Hall–Kier alpha value is -14.4. The molecule has 0 spiro atoms. The summed E-state index contributed by atoms with van der Waals surface area (Å²) >= 11 is 0. The fourth-order valence-electron chi connectivity index (χ4n) is 17.1. The molecule has 0 aliphatic carbocycles. The van der Waals surface area contributed by atoms with Crippen molar-refractivity contribution in [1.82, 2.24) is 39.0 Å². The van der Waals surface area contributed by atoms with Gasteiger partial charge in [0.1, 0.15) is 0 Å². The molecule has 4 aromatic heterocycles. The third kappa shape index (κ3) is 13.7. The Morgan fingerprint density at radius 1 is 0.214 bits per heavy atom. The lowest BCUT2D eigenvalue weighted by molar-refractivity contribution is 0.933. The van der Waals surface area contributed by atoms with Gasteiger partial charge in [-0.05, 0) is 102 Å². The second-order valence-electron chi connectivity index (χ2n) is 30.5. The summed E-state index contributed by atoms with van der Waals surface area (Å²) < 4.78 is 4.52. The minimum absolute atomic E-state index is 0.525. The van der Waals surface area contributed by atoms with Crippen LogP contribution in [0.2, 0.25) is 19.6 Å². The normalized spacial score (nSPS) is 11.7. The third-order valence-corrected chi connectivity index (χ3v) is 34.2. The van der Waals surface area contributed by atoms with Crippen molar-refractivity contribution in [2.75, 3.05) is 4.90 Å². The average molecular weight is 1550 g/mol. The first-order valence-electron chi connectivity index (χ1n) is 39.8. The van der Waals surface area contributed by atoms with Gasteiger partial charge in [0.2, 0.25) is 11.9 Å². The largest absolute Gasteiger partial charge is 0.309 e. The predicted octanol–water partition coefficient (Wildman–Crippen LogP) is 19.4. The van der Waals surface area contributed by atoms with E-state index in [4.69, 9.17) is 29.9 Å². The number of para-hydroxylation sites is 6. The molecule has 20 rings (SSSR count). The van der Waals surface area contributed by atoms with E-state index < -0.39 is 24.2 Å². The monoisotopic (exact) mass is 1550 g/mol. The van der Waals surface area contributed by atoms with Crippen LogP contribution in [0.25, 0.3) is 101 Å². The Kier molecular flexibility index (Phi) is 19.6. The van der Waals surface area contributed by atoms with Crippen LogP contribution in [-0.4, -0.2) is 63.3 Å². The minimum Gasteiger partial charge on any atom is -0.309 e. The fraction of sp³-hybridized carbons (Fsp3) is 0.0286. The topological polar surface area (TPSA) is 90.4 Å². The Morgan fingerprint density at radius 2 is 0.504 bits per heavy atom. The van der Waals surface area contributed by atoms with Crippen LogP contribution < -0.4 is 51.6 Å². The highest BCUT2D eigenvalue weighted by Gasteiger charge is 2.43. The van der Waals surface area contributed by atoms with Crippen LogP contribution in [0, 0.1) is 0 Å². The van der Waals surface area contributed by atoms with Crippen LogP contribution >= 0.6 is 0 Å². The SMILES string of the molecule is C[Si](C)(C)c1ccc(-c2nc(-c3cccc(-n4c5ccccc5c5ccccc54)c3)nc(-c3cccc([Si](c4ccccc4)(c4ccccc4)c4ccccc4)c3)n2)cc1.c1ccc(N(c2ccccc2)c2nc(-c3cccc([Si](c4ccccc4)(c4ccccc4)c4ccccc4)c3)nc(-n3c4ccccc4c4ccccc43)n2)cc1. The molecular weight excluding hydrogens is 1470 g/mol. The second-order valence-corrected chi connectivity index (χ2v) is 43.2. The first kappa shape index (κ1) is 72.8. The maximum Gasteiger partial charge on any atom is 0.240 e. The zero-order valence-corrected chi connectivity index (χ0v) is 68.1. The van der Waals surface area contributed by atoms with E-state index in [1.165, 1.54) is 57.5 Å². The first-order chi connectivity index (χ1) is 57.7. The molecule has 0 saturated carbocycles. The molecule has 4 heterocycles. The van der Waals surface area contributed by atoms with Gasteiger partial charge in [0, 0.05) is 60.9 Å². The zero-order valence-electron chi connectivity index (χ0n) is 65.1. The molecule has 0 bridgehead atoms. The van der Waals surface area contributed by atoms with Crippen LogP contribution in [0.1, 0.15) is 0 Å². The number of nitrogens with zero attached hydrogens (tertiary/aromatic N) is 9. The van der Waals surface area contributed by atoms with Gasteiger partial charge in [-0.2, -0.15) is 15.0 Å². The fourth-order valence-corrected chi connectivity index (χ4v) is 27.9. The Labute approximate surface area is 684 Å². The average Bonchev–Trinajstić information content (AvgIpc) is 1.68. The van der Waals surface area contributed by atoms with Crippen LogP contribution in [0.5, 0.6) is 0 Å². The molecule has 0 atom stereocenters. The summed E-state index contributed by atoms with van der Waals surface area (Å²) in [7, 11) is -7.14. The van der Waals surface area contributed by atoms with E-state index >= 15 is 0 Å². The van der Waals surface area contributed by atoms with Crippen molar-refractivity contribution in [2.45, 2.75) is 19.6 Å². The highest BCUT2D eigenvalue weighted by molar-refractivity contribution is 7.20. The Morgan fingerprint density at radius 3 is 0.863 bits per heavy atom. The van der Waals surface area contributed by atoms with Gasteiger partial charge in [0.25, 0.3) is 0 Å². The van der Waals surface area contributed by atoms with Gasteiger partial charge in [0.05, 0.1) is 30.1 Å². The standard InChI is InChI=1S/C54H44N4Si2.C51H37N5Si/c1-59(2,3)43-35-33-39(34-36-43)52-55-53(40-19-17-21-42(37-40)58-50-31-15-13-29-48(50)49-30-14-16-32-51(49)58)57-54(56-52)41-20-18-28-47(38-41)60(44-22-7-4-8-23-44,45-24-9-5-10-25-45)46-26-11-6-12-27-46;1-6-22-39(23-7-1)55(40-24-8-2-9-25-40)50-52-49(53-51(54-50)56-47-35-18-16-33-45(47)46-34-17-19-36-48(46)56)38-21-20-32-44(37-38)57(41-26-10-3-11-27-41,42-28-12-4-13-29-42)43-30-14-5-15-31-43/h4-38H,1-3H3;1-37H. The molecule has 0 saturated heterocycles. The maximum absolute atomic E-state index is 5.39. The lowest BCUT2D eigenvalue weighted by Gasteiger charge is -2.34.